The molecule has 0 fully saturated rings. The van der Waals surface area contributed by atoms with E-state index in [1.54, 1.807) is 12.1 Å². The minimum Gasteiger partial charge on any atom is -0.504 e. The van der Waals surface area contributed by atoms with Crippen molar-refractivity contribution < 1.29 is 9.84 Å². The fourth-order valence-electron chi connectivity index (χ4n) is 2.33. The summed E-state index contributed by atoms with van der Waals surface area (Å²) in [6.07, 6.45) is 0. The Labute approximate surface area is 122 Å². The van der Waals surface area contributed by atoms with Gasteiger partial charge in [-0.05, 0) is 24.3 Å². The number of fused-ring (bicyclic) bond motifs is 1. The van der Waals surface area contributed by atoms with Gasteiger partial charge in [0, 0.05) is 18.8 Å². The zero-order valence-corrected chi connectivity index (χ0v) is 12.0. The van der Waals surface area contributed by atoms with E-state index in [1.807, 2.05) is 37.4 Å². The third-order valence-electron chi connectivity index (χ3n) is 3.51. The summed E-state index contributed by atoms with van der Waals surface area (Å²) in [6.45, 7) is 0.580. The van der Waals surface area contributed by atoms with Crippen LogP contribution in [-0.2, 0) is 13.6 Å². The Balaban J connectivity index is 1.80. The van der Waals surface area contributed by atoms with Crippen LogP contribution in [0.3, 0.4) is 0 Å². The minimum atomic E-state index is 0.118. The average Bonchev–Trinajstić information content (AvgIpc) is 2.82. The van der Waals surface area contributed by atoms with E-state index in [0.717, 1.165) is 22.5 Å². The summed E-state index contributed by atoms with van der Waals surface area (Å²) in [5, 5.41) is 13.0. The standard InChI is InChI=1S/C16H17N3O2/c1-19-13-6-4-3-5-12(13)18-16(19)10-17-11-7-8-15(21-2)14(20)9-11/h3-9,17,20H,10H2,1-2H3. The molecule has 3 rings (SSSR count). The number of phenols is 1. The molecule has 1 heterocycles. The molecule has 0 bridgehead atoms. The van der Waals surface area contributed by atoms with Crippen LogP contribution < -0.4 is 10.1 Å². The second-order valence-corrected chi connectivity index (χ2v) is 4.82. The molecule has 5 heteroatoms. The number of benzene rings is 2. The van der Waals surface area contributed by atoms with Crippen LogP contribution in [0, 0.1) is 0 Å². The van der Waals surface area contributed by atoms with Gasteiger partial charge in [-0.15, -0.1) is 0 Å². The van der Waals surface area contributed by atoms with Gasteiger partial charge in [-0.1, -0.05) is 12.1 Å². The number of rotatable bonds is 4. The van der Waals surface area contributed by atoms with Gasteiger partial charge in [0.1, 0.15) is 5.82 Å². The van der Waals surface area contributed by atoms with Crippen molar-refractivity contribution in [2.24, 2.45) is 7.05 Å². The molecule has 0 saturated heterocycles. The van der Waals surface area contributed by atoms with Crippen molar-refractivity contribution in [3.05, 3.63) is 48.3 Å². The van der Waals surface area contributed by atoms with Gasteiger partial charge in [-0.2, -0.15) is 0 Å². The lowest BCUT2D eigenvalue weighted by Crippen LogP contribution is -2.05. The first-order valence-corrected chi connectivity index (χ1v) is 6.70. The lowest BCUT2D eigenvalue weighted by atomic mass is 10.2. The maximum atomic E-state index is 9.77. The topological polar surface area (TPSA) is 59.3 Å². The third kappa shape index (κ3) is 2.50. The van der Waals surface area contributed by atoms with Gasteiger partial charge in [0.2, 0.25) is 0 Å². The normalized spacial score (nSPS) is 10.8. The second-order valence-electron chi connectivity index (χ2n) is 4.82. The van der Waals surface area contributed by atoms with Gasteiger partial charge in [0.05, 0.1) is 24.7 Å². The molecule has 1 aromatic heterocycles. The summed E-state index contributed by atoms with van der Waals surface area (Å²) in [5.74, 6) is 1.52. The van der Waals surface area contributed by atoms with E-state index in [2.05, 4.69) is 14.9 Å². The van der Waals surface area contributed by atoms with Crippen LogP contribution in [0.2, 0.25) is 0 Å². The van der Waals surface area contributed by atoms with Crippen molar-refractivity contribution >= 4 is 16.7 Å². The van der Waals surface area contributed by atoms with Gasteiger partial charge in [0.15, 0.2) is 11.5 Å². The number of para-hydroxylation sites is 2. The number of ether oxygens (including phenoxy) is 1. The molecule has 0 aliphatic rings. The second kappa shape index (κ2) is 5.36. The van der Waals surface area contributed by atoms with Crippen molar-refractivity contribution in [3.63, 3.8) is 0 Å². The van der Waals surface area contributed by atoms with Crippen molar-refractivity contribution in [2.45, 2.75) is 6.54 Å². The van der Waals surface area contributed by atoms with Crippen LogP contribution in [0.5, 0.6) is 11.5 Å². The first kappa shape index (κ1) is 13.3. The third-order valence-corrected chi connectivity index (χ3v) is 3.51. The van der Waals surface area contributed by atoms with E-state index in [-0.39, 0.29) is 5.75 Å². The number of nitrogens with zero attached hydrogens (tertiary/aromatic N) is 2. The largest absolute Gasteiger partial charge is 0.504 e. The predicted octanol–water partition coefficient (Wildman–Crippen LogP) is 2.90. The molecule has 3 aromatic rings. The Bertz CT molecular complexity index is 780. The molecule has 5 nitrogen and oxygen atoms in total. The number of hydrogen-bond acceptors (Lipinski definition) is 4. The molecular weight excluding hydrogens is 266 g/mol. The van der Waals surface area contributed by atoms with E-state index >= 15 is 0 Å². The van der Waals surface area contributed by atoms with Crippen LogP contribution in [0.4, 0.5) is 5.69 Å². The number of phenolic OH excluding ortho intramolecular Hbond substituents is 1. The summed E-state index contributed by atoms with van der Waals surface area (Å²) < 4.78 is 7.09. The lowest BCUT2D eigenvalue weighted by molar-refractivity contribution is 0.373. The number of anilines is 1. The van der Waals surface area contributed by atoms with Gasteiger partial charge in [-0.25, -0.2) is 4.98 Å². The predicted molar refractivity (Wildman–Crippen MR) is 82.7 cm³/mol. The van der Waals surface area contributed by atoms with Crippen LogP contribution >= 0.6 is 0 Å². The van der Waals surface area contributed by atoms with E-state index in [9.17, 15) is 5.11 Å². The van der Waals surface area contributed by atoms with Crippen LogP contribution in [-0.4, -0.2) is 21.8 Å². The molecule has 2 N–H and O–H groups in total. The lowest BCUT2D eigenvalue weighted by Gasteiger charge is -2.09. The van der Waals surface area contributed by atoms with Crippen LogP contribution in [0.15, 0.2) is 42.5 Å². The molecule has 0 saturated carbocycles. The van der Waals surface area contributed by atoms with Crippen LogP contribution in [0.1, 0.15) is 5.82 Å². The number of aryl methyl sites for hydroxylation is 1. The number of nitrogens with one attached hydrogen (secondary N) is 1. The first-order chi connectivity index (χ1) is 10.2. The zero-order valence-electron chi connectivity index (χ0n) is 12.0. The van der Waals surface area contributed by atoms with Gasteiger partial charge >= 0.3 is 0 Å². The maximum absolute atomic E-state index is 9.77. The molecule has 108 valence electrons. The Morgan fingerprint density at radius 2 is 2.05 bits per heavy atom. The minimum absolute atomic E-state index is 0.118. The van der Waals surface area contributed by atoms with E-state index in [1.165, 1.54) is 7.11 Å². The first-order valence-electron chi connectivity index (χ1n) is 6.70. The number of imidazole rings is 1. The molecular formula is C16H17N3O2. The summed E-state index contributed by atoms with van der Waals surface area (Å²) in [5.41, 5.74) is 2.90. The molecule has 0 radical (unpaired) electrons. The fraction of sp³-hybridized carbons (Fsp3) is 0.188. The Morgan fingerprint density at radius 3 is 2.76 bits per heavy atom. The van der Waals surface area contributed by atoms with Crippen molar-refractivity contribution in [3.8, 4) is 11.5 Å². The summed E-state index contributed by atoms with van der Waals surface area (Å²) in [6, 6.07) is 13.3. The number of aromatic hydroxyl groups is 1. The summed E-state index contributed by atoms with van der Waals surface area (Å²) in [7, 11) is 3.53. The Morgan fingerprint density at radius 1 is 1.24 bits per heavy atom. The highest BCUT2D eigenvalue weighted by atomic mass is 16.5. The van der Waals surface area contributed by atoms with Gasteiger partial charge < -0.3 is 19.7 Å². The highest BCUT2D eigenvalue weighted by Crippen LogP contribution is 2.28. The highest BCUT2D eigenvalue weighted by Gasteiger charge is 2.07. The molecule has 0 spiro atoms. The Kier molecular flexibility index (Phi) is 3.39. The molecule has 0 aliphatic heterocycles. The fourth-order valence-corrected chi connectivity index (χ4v) is 2.33. The quantitative estimate of drug-likeness (QED) is 0.773. The van der Waals surface area contributed by atoms with Crippen molar-refractivity contribution in [1.82, 2.24) is 9.55 Å². The average molecular weight is 283 g/mol. The van der Waals surface area contributed by atoms with Crippen molar-refractivity contribution in [2.75, 3.05) is 12.4 Å². The van der Waals surface area contributed by atoms with Crippen LogP contribution in [0.25, 0.3) is 11.0 Å². The van der Waals surface area contributed by atoms with E-state index < -0.39 is 0 Å². The number of aromatic nitrogens is 2. The molecule has 0 unspecified atom stereocenters. The van der Waals surface area contributed by atoms with E-state index in [4.69, 9.17) is 4.74 Å². The summed E-state index contributed by atoms with van der Waals surface area (Å²) in [4.78, 5) is 4.60. The SMILES string of the molecule is COc1ccc(NCc2nc3ccccc3n2C)cc1O. The monoisotopic (exact) mass is 283 g/mol. The Hall–Kier alpha value is -2.69. The zero-order chi connectivity index (χ0) is 14.8. The smallest absolute Gasteiger partial charge is 0.160 e. The van der Waals surface area contributed by atoms with E-state index in [0.29, 0.717) is 12.3 Å². The number of hydrogen-bond donors (Lipinski definition) is 2. The van der Waals surface area contributed by atoms with Crippen molar-refractivity contribution in [1.29, 1.82) is 0 Å². The molecule has 0 atom stereocenters. The molecule has 21 heavy (non-hydrogen) atoms. The number of methoxy groups -OCH3 is 1. The van der Waals surface area contributed by atoms with Gasteiger partial charge in [-0.3, -0.25) is 0 Å². The maximum Gasteiger partial charge on any atom is 0.160 e. The molecule has 0 aliphatic carbocycles. The molecule has 0 amide bonds. The highest BCUT2D eigenvalue weighted by molar-refractivity contribution is 5.75. The van der Waals surface area contributed by atoms with Gasteiger partial charge in [0.25, 0.3) is 0 Å². The molecule has 2 aromatic carbocycles. The summed E-state index contributed by atoms with van der Waals surface area (Å²) >= 11 is 0.